The third-order valence-corrected chi connectivity index (χ3v) is 2.03. The van der Waals surface area contributed by atoms with E-state index in [9.17, 15) is 4.39 Å². The van der Waals surface area contributed by atoms with Gasteiger partial charge in [0.2, 0.25) is 0 Å². The first-order chi connectivity index (χ1) is 6.69. The van der Waals surface area contributed by atoms with E-state index in [1.54, 1.807) is 18.2 Å². The van der Waals surface area contributed by atoms with Crippen LogP contribution in [-0.4, -0.2) is 7.11 Å². The minimum absolute atomic E-state index is 0.335. The molecule has 0 saturated heterocycles. The van der Waals surface area contributed by atoms with E-state index in [1.807, 2.05) is 0 Å². The van der Waals surface area contributed by atoms with Gasteiger partial charge >= 0.3 is 0 Å². The molecule has 1 aromatic rings. The van der Waals surface area contributed by atoms with E-state index >= 15 is 0 Å². The summed E-state index contributed by atoms with van der Waals surface area (Å²) >= 11 is 0. The van der Waals surface area contributed by atoms with Gasteiger partial charge in [-0.3, -0.25) is 0 Å². The molecule has 1 aromatic carbocycles. The van der Waals surface area contributed by atoms with Crippen LogP contribution in [0.4, 0.5) is 4.39 Å². The van der Waals surface area contributed by atoms with Crippen LogP contribution in [0.1, 0.15) is 18.0 Å². The lowest BCUT2D eigenvalue weighted by Crippen LogP contribution is -2.11. The lowest BCUT2D eigenvalue weighted by atomic mass is 10.0. The fraction of sp³-hybridized carbons (Fsp3) is 0.273. The fourth-order valence-electron chi connectivity index (χ4n) is 1.24. The molecule has 14 heavy (non-hydrogen) atoms. The monoisotopic (exact) mass is 195 g/mol. The highest BCUT2D eigenvalue weighted by molar-refractivity contribution is 5.30. The fourth-order valence-corrected chi connectivity index (χ4v) is 1.24. The summed E-state index contributed by atoms with van der Waals surface area (Å²) in [7, 11) is 1.50. The Morgan fingerprint density at radius 3 is 2.86 bits per heavy atom. The minimum Gasteiger partial charge on any atom is -0.497 e. The molecule has 0 aliphatic heterocycles. The Bertz CT molecular complexity index is 325. The van der Waals surface area contributed by atoms with Crippen molar-refractivity contribution in [2.45, 2.75) is 12.5 Å². The molecule has 0 aromatic heterocycles. The molecule has 76 valence electrons. The van der Waals surface area contributed by atoms with Crippen LogP contribution in [0.15, 0.2) is 30.9 Å². The Hall–Kier alpha value is -1.35. The van der Waals surface area contributed by atoms with Crippen LogP contribution < -0.4 is 10.5 Å². The van der Waals surface area contributed by atoms with Crippen LogP contribution in [-0.2, 0) is 0 Å². The summed E-state index contributed by atoms with van der Waals surface area (Å²) in [5.74, 6) is 0.163. The summed E-state index contributed by atoms with van der Waals surface area (Å²) in [6.07, 6.45) is 2.23. The number of hydrogen-bond donors (Lipinski definition) is 1. The van der Waals surface area contributed by atoms with Crippen molar-refractivity contribution in [3.8, 4) is 5.75 Å². The summed E-state index contributed by atoms with van der Waals surface area (Å²) in [6, 6.07) is 4.33. The summed E-state index contributed by atoms with van der Waals surface area (Å²) in [6.45, 7) is 3.56. The Balaban J connectivity index is 2.93. The normalized spacial score (nSPS) is 12.2. The number of benzene rings is 1. The molecule has 0 saturated carbocycles. The highest BCUT2D eigenvalue weighted by Crippen LogP contribution is 2.22. The molecule has 0 heterocycles. The number of rotatable bonds is 4. The summed E-state index contributed by atoms with van der Waals surface area (Å²) in [5.41, 5.74) is 6.24. The molecule has 2 nitrogen and oxygen atoms in total. The van der Waals surface area contributed by atoms with Gasteiger partial charge in [0.15, 0.2) is 0 Å². The van der Waals surface area contributed by atoms with Gasteiger partial charge in [-0.2, -0.15) is 0 Å². The maximum Gasteiger partial charge on any atom is 0.131 e. The van der Waals surface area contributed by atoms with Crippen LogP contribution >= 0.6 is 0 Å². The SMILES string of the molecule is C=CC[C@@H](N)c1ccc(OC)cc1F. The number of ether oxygens (including phenoxy) is 1. The lowest BCUT2D eigenvalue weighted by Gasteiger charge is -2.11. The topological polar surface area (TPSA) is 35.2 Å². The van der Waals surface area contributed by atoms with Gasteiger partial charge in [-0.1, -0.05) is 12.1 Å². The lowest BCUT2D eigenvalue weighted by molar-refractivity contribution is 0.410. The van der Waals surface area contributed by atoms with Crippen molar-refractivity contribution in [2.75, 3.05) is 7.11 Å². The minimum atomic E-state index is -0.335. The average molecular weight is 195 g/mol. The number of halogens is 1. The maximum absolute atomic E-state index is 13.4. The predicted octanol–water partition coefficient (Wildman–Crippen LogP) is 2.41. The molecule has 0 aliphatic rings. The van der Waals surface area contributed by atoms with E-state index in [4.69, 9.17) is 10.5 Å². The largest absolute Gasteiger partial charge is 0.497 e. The summed E-state index contributed by atoms with van der Waals surface area (Å²) < 4.78 is 18.3. The number of hydrogen-bond acceptors (Lipinski definition) is 2. The summed E-state index contributed by atoms with van der Waals surface area (Å²) in [5, 5.41) is 0. The molecule has 0 radical (unpaired) electrons. The molecular weight excluding hydrogens is 181 g/mol. The van der Waals surface area contributed by atoms with E-state index in [0.717, 1.165) is 0 Å². The molecule has 1 rings (SSSR count). The van der Waals surface area contributed by atoms with Crippen molar-refractivity contribution in [3.05, 3.63) is 42.2 Å². The van der Waals surface area contributed by atoms with Gasteiger partial charge in [-0.05, 0) is 12.5 Å². The van der Waals surface area contributed by atoms with Crippen LogP contribution in [0.25, 0.3) is 0 Å². The third-order valence-electron chi connectivity index (χ3n) is 2.03. The molecule has 2 N–H and O–H groups in total. The molecule has 0 spiro atoms. The molecule has 0 aliphatic carbocycles. The second-order valence-corrected chi connectivity index (χ2v) is 3.02. The smallest absolute Gasteiger partial charge is 0.131 e. The molecule has 0 bridgehead atoms. The Labute approximate surface area is 83.2 Å². The molecular formula is C11H14FNO. The van der Waals surface area contributed by atoms with Crippen LogP contribution in [0.5, 0.6) is 5.75 Å². The van der Waals surface area contributed by atoms with E-state index in [1.165, 1.54) is 13.2 Å². The predicted molar refractivity (Wildman–Crippen MR) is 54.7 cm³/mol. The molecule has 0 amide bonds. The summed E-state index contributed by atoms with van der Waals surface area (Å²) in [4.78, 5) is 0. The van der Waals surface area contributed by atoms with Gasteiger partial charge < -0.3 is 10.5 Å². The van der Waals surface area contributed by atoms with Gasteiger partial charge in [0.05, 0.1) is 7.11 Å². The first-order valence-electron chi connectivity index (χ1n) is 4.39. The Morgan fingerprint density at radius 1 is 1.64 bits per heavy atom. The van der Waals surface area contributed by atoms with Gasteiger partial charge in [-0.25, -0.2) is 4.39 Å². The second-order valence-electron chi connectivity index (χ2n) is 3.02. The van der Waals surface area contributed by atoms with E-state index < -0.39 is 0 Å². The van der Waals surface area contributed by atoms with Crippen molar-refractivity contribution in [1.82, 2.24) is 0 Å². The van der Waals surface area contributed by atoms with Crippen molar-refractivity contribution in [1.29, 1.82) is 0 Å². The van der Waals surface area contributed by atoms with Gasteiger partial charge in [-0.15, -0.1) is 6.58 Å². The van der Waals surface area contributed by atoms with Crippen molar-refractivity contribution < 1.29 is 9.13 Å². The quantitative estimate of drug-likeness (QED) is 0.749. The first kappa shape index (κ1) is 10.7. The Morgan fingerprint density at radius 2 is 2.36 bits per heavy atom. The zero-order valence-corrected chi connectivity index (χ0v) is 8.16. The highest BCUT2D eigenvalue weighted by atomic mass is 19.1. The van der Waals surface area contributed by atoms with Gasteiger partial charge in [0.1, 0.15) is 11.6 Å². The zero-order chi connectivity index (χ0) is 10.6. The third kappa shape index (κ3) is 2.33. The molecule has 0 fully saturated rings. The standard InChI is InChI=1S/C11H14FNO/c1-3-4-11(13)9-6-5-8(14-2)7-10(9)12/h3,5-7,11H,1,4,13H2,2H3/t11-/m1/s1. The van der Waals surface area contributed by atoms with Gasteiger partial charge in [0.25, 0.3) is 0 Å². The van der Waals surface area contributed by atoms with E-state index in [2.05, 4.69) is 6.58 Å². The van der Waals surface area contributed by atoms with Crippen molar-refractivity contribution >= 4 is 0 Å². The first-order valence-corrected chi connectivity index (χ1v) is 4.39. The van der Waals surface area contributed by atoms with Crippen LogP contribution in [0, 0.1) is 5.82 Å². The molecule has 0 unspecified atom stereocenters. The van der Waals surface area contributed by atoms with Gasteiger partial charge in [0, 0.05) is 17.7 Å². The average Bonchev–Trinajstić information content (AvgIpc) is 2.17. The molecule has 3 heteroatoms. The Kier molecular flexibility index (Phi) is 3.65. The molecule has 1 atom stereocenters. The van der Waals surface area contributed by atoms with Crippen LogP contribution in [0.2, 0.25) is 0 Å². The zero-order valence-electron chi connectivity index (χ0n) is 8.16. The van der Waals surface area contributed by atoms with E-state index in [-0.39, 0.29) is 11.9 Å². The van der Waals surface area contributed by atoms with Crippen molar-refractivity contribution in [2.24, 2.45) is 5.73 Å². The highest BCUT2D eigenvalue weighted by Gasteiger charge is 2.10. The number of methoxy groups -OCH3 is 1. The van der Waals surface area contributed by atoms with Crippen LogP contribution in [0.3, 0.4) is 0 Å². The second kappa shape index (κ2) is 4.77. The number of nitrogens with two attached hydrogens (primary N) is 1. The van der Waals surface area contributed by atoms with E-state index in [0.29, 0.717) is 17.7 Å². The maximum atomic E-state index is 13.4. The van der Waals surface area contributed by atoms with Crippen molar-refractivity contribution in [3.63, 3.8) is 0 Å².